The second kappa shape index (κ2) is 4.10. The molecule has 1 saturated heterocycles. The molecule has 0 saturated carbocycles. The number of rotatable bonds is 2. The van der Waals surface area contributed by atoms with Crippen LogP contribution in [-0.4, -0.2) is 35.5 Å². The van der Waals surface area contributed by atoms with E-state index >= 15 is 0 Å². The quantitative estimate of drug-likeness (QED) is 0.771. The van der Waals surface area contributed by atoms with Gasteiger partial charge in [-0.3, -0.25) is 0 Å². The van der Waals surface area contributed by atoms with Gasteiger partial charge in [-0.1, -0.05) is 0 Å². The first-order chi connectivity index (χ1) is 7.48. The Morgan fingerprint density at radius 3 is 2.88 bits per heavy atom. The summed E-state index contributed by atoms with van der Waals surface area (Å²) in [6.07, 6.45) is 4.59. The third-order valence-corrected chi connectivity index (χ3v) is 4.03. The van der Waals surface area contributed by atoms with Crippen LogP contribution in [-0.2, 0) is 10.0 Å². The molecule has 0 N–H and O–H groups in total. The Hall–Kier alpha value is -1.01. The summed E-state index contributed by atoms with van der Waals surface area (Å²) in [7, 11) is -3.16. The van der Waals surface area contributed by atoms with Crippen molar-refractivity contribution in [2.75, 3.05) is 12.8 Å². The first-order valence-corrected chi connectivity index (χ1v) is 7.09. The fourth-order valence-corrected chi connectivity index (χ4v) is 3.15. The number of aryl methyl sites for hydroxylation is 1. The summed E-state index contributed by atoms with van der Waals surface area (Å²) in [5, 5.41) is 0. The zero-order chi connectivity index (χ0) is 11.8. The van der Waals surface area contributed by atoms with Crippen molar-refractivity contribution in [1.29, 1.82) is 0 Å². The minimum absolute atomic E-state index is 0.185. The molecule has 1 aromatic rings. The van der Waals surface area contributed by atoms with E-state index in [1.807, 2.05) is 13.0 Å². The molecule has 1 atom stereocenters. The molecular formula is C10H15N3O2S. The molecule has 0 spiro atoms. The van der Waals surface area contributed by atoms with Gasteiger partial charge in [-0.25, -0.2) is 18.4 Å². The topological polar surface area (TPSA) is 63.2 Å². The molecule has 0 bridgehead atoms. The summed E-state index contributed by atoms with van der Waals surface area (Å²) in [6, 6.07) is 1.62. The fourth-order valence-electron chi connectivity index (χ4n) is 2.02. The number of aromatic nitrogens is 2. The highest BCUT2D eigenvalue weighted by atomic mass is 32.2. The molecule has 1 aromatic heterocycles. The van der Waals surface area contributed by atoms with E-state index in [1.54, 1.807) is 6.20 Å². The highest BCUT2D eigenvalue weighted by Gasteiger charge is 2.34. The average molecular weight is 241 g/mol. The van der Waals surface area contributed by atoms with E-state index in [0.29, 0.717) is 12.4 Å². The standard InChI is InChI=1S/C10H15N3O2S/c1-8-5-6-11-10(12-8)9-4-3-7-13(9)16(2,14)15/h5-6,9H,3-4,7H2,1-2H3/t9-/m1/s1. The largest absolute Gasteiger partial charge is 0.240 e. The maximum atomic E-state index is 11.6. The maximum Gasteiger partial charge on any atom is 0.211 e. The van der Waals surface area contributed by atoms with Crippen molar-refractivity contribution in [3.05, 3.63) is 23.8 Å². The Labute approximate surface area is 95.6 Å². The van der Waals surface area contributed by atoms with Gasteiger partial charge in [-0.05, 0) is 25.8 Å². The van der Waals surface area contributed by atoms with Crippen LogP contribution in [0.3, 0.4) is 0 Å². The van der Waals surface area contributed by atoms with E-state index < -0.39 is 10.0 Å². The molecule has 0 amide bonds. The summed E-state index contributed by atoms with van der Waals surface area (Å²) < 4.78 is 24.6. The number of nitrogens with zero attached hydrogens (tertiary/aromatic N) is 3. The van der Waals surface area contributed by atoms with Crippen LogP contribution in [0, 0.1) is 6.92 Å². The fraction of sp³-hybridized carbons (Fsp3) is 0.600. The van der Waals surface area contributed by atoms with Crippen LogP contribution in [0.4, 0.5) is 0 Å². The molecule has 2 rings (SSSR count). The Morgan fingerprint density at radius 1 is 1.50 bits per heavy atom. The first kappa shape index (κ1) is 11.5. The van der Waals surface area contributed by atoms with Crippen LogP contribution in [0.15, 0.2) is 12.3 Å². The van der Waals surface area contributed by atoms with E-state index in [-0.39, 0.29) is 6.04 Å². The van der Waals surface area contributed by atoms with Crippen LogP contribution < -0.4 is 0 Å². The molecular weight excluding hydrogens is 226 g/mol. The summed E-state index contributed by atoms with van der Waals surface area (Å²) in [6.45, 7) is 2.45. The summed E-state index contributed by atoms with van der Waals surface area (Å²) >= 11 is 0. The highest BCUT2D eigenvalue weighted by molar-refractivity contribution is 7.88. The van der Waals surface area contributed by atoms with Crippen molar-refractivity contribution in [3.8, 4) is 0 Å². The zero-order valence-corrected chi connectivity index (χ0v) is 10.2. The second-order valence-electron chi connectivity index (χ2n) is 4.09. The number of hydrogen-bond donors (Lipinski definition) is 0. The molecule has 0 aromatic carbocycles. The van der Waals surface area contributed by atoms with Crippen LogP contribution in [0.2, 0.25) is 0 Å². The van der Waals surface area contributed by atoms with Gasteiger partial charge in [0.2, 0.25) is 10.0 Å². The molecule has 2 heterocycles. The second-order valence-corrected chi connectivity index (χ2v) is 6.02. The zero-order valence-electron chi connectivity index (χ0n) is 9.42. The Bertz CT molecular complexity index is 487. The van der Waals surface area contributed by atoms with Crippen molar-refractivity contribution in [2.24, 2.45) is 0 Å². The van der Waals surface area contributed by atoms with Crippen LogP contribution in [0.25, 0.3) is 0 Å². The van der Waals surface area contributed by atoms with Gasteiger partial charge in [-0.2, -0.15) is 4.31 Å². The lowest BCUT2D eigenvalue weighted by molar-refractivity contribution is 0.386. The SMILES string of the molecule is Cc1ccnc([C@H]2CCCN2S(C)(=O)=O)n1. The van der Waals surface area contributed by atoms with Crippen molar-refractivity contribution in [3.63, 3.8) is 0 Å². The monoisotopic (exact) mass is 241 g/mol. The Morgan fingerprint density at radius 2 is 2.25 bits per heavy atom. The molecule has 6 heteroatoms. The molecule has 5 nitrogen and oxygen atoms in total. The molecule has 0 radical (unpaired) electrons. The Balaban J connectivity index is 2.34. The van der Waals surface area contributed by atoms with Gasteiger partial charge in [0.25, 0.3) is 0 Å². The lowest BCUT2D eigenvalue weighted by Crippen LogP contribution is -2.30. The summed E-state index contributed by atoms with van der Waals surface area (Å²) in [4.78, 5) is 8.47. The van der Waals surface area contributed by atoms with Crippen LogP contribution >= 0.6 is 0 Å². The van der Waals surface area contributed by atoms with E-state index in [0.717, 1.165) is 18.5 Å². The van der Waals surface area contributed by atoms with E-state index in [9.17, 15) is 8.42 Å². The number of sulfonamides is 1. The van der Waals surface area contributed by atoms with Gasteiger partial charge in [0.1, 0.15) is 5.82 Å². The minimum atomic E-state index is -3.16. The van der Waals surface area contributed by atoms with Gasteiger partial charge in [0.15, 0.2) is 0 Å². The maximum absolute atomic E-state index is 11.6. The van der Waals surface area contributed by atoms with E-state index in [1.165, 1.54) is 10.6 Å². The molecule has 0 unspecified atom stereocenters. The molecule has 88 valence electrons. The predicted octanol–water partition coefficient (Wildman–Crippen LogP) is 0.882. The molecule has 1 aliphatic rings. The van der Waals surface area contributed by atoms with Gasteiger partial charge >= 0.3 is 0 Å². The summed E-state index contributed by atoms with van der Waals surface area (Å²) in [5.74, 6) is 0.614. The van der Waals surface area contributed by atoms with Gasteiger partial charge < -0.3 is 0 Å². The first-order valence-electron chi connectivity index (χ1n) is 5.25. The lowest BCUT2D eigenvalue weighted by atomic mass is 10.2. The lowest BCUT2D eigenvalue weighted by Gasteiger charge is -2.20. The van der Waals surface area contributed by atoms with Gasteiger partial charge in [0.05, 0.1) is 12.3 Å². The molecule has 1 aliphatic heterocycles. The predicted molar refractivity (Wildman–Crippen MR) is 60.3 cm³/mol. The third kappa shape index (κ3) is 2.22. The van der Waals surface area contributed by atoms with Crippen LogP contribution in [0.1, 0.15) is 30.4 Å². The third-order valence-electron chi connectivity index (χ3n) is 2.74. The highest BCUT2D eigenvalue weighted by Crippen LogP contribution is 2.31. The minimum Gasteiger partial charge on any atom is -0.240 e. The van der Waals surface area contributed by atoms with E-state index in [2.05, 4.69) is 9.97 Å². The van der Waals surface area contributed by atoms with Gasteiger partial charge in [0, 0.05) is 18.4 Å². The summed E-state index contributed by atoms with van der Waals surface area (Å²) in [5.41, 5.74) is 0.866. The van der Waals surface area contributed by atoms with Crippen molar-refractivity contribution in [1.82, 2.24) is 14.3 Å². The smallest absolute Gasteiger partial charge is 0.211 e. The van der Waals surface area contributed by atoms with Crippen molar-refractivity contribution in [2.45, 2.75) is 25.8 Å². The number of hydrogen-bond acceptors (Lipinski definition) is 4. The van der Waals surface area contributed by atoms with E-state index in [4.69, 9.17) is 0 Å². The van der Waals surface area contributed by atoms with Crippen molar-refractivity contribution < 1.29 is 8.42 Å². The molecule has 1 fully saturated rings. The van der Waals surface area contributed by atoms with Gasteiger partial charge in [-0.15, -0.1) is 0 Å². The molecule has 0 aliphatic carbocycles. The molecule has 16 heavy (non-hydrogen) atoms. The Kier molecular flexibility index (Phi) is 2.94. The normalized spacial score (nSPS) is 22.5. The van der Waals surface area contributed by atoms with Crippen molar-refractivity contribution >= 4 is 10.0 Å². The average Bonchev–Trinajstić information content (AvgIpc) is 2.65. The van der Waals surface area contributed by atoms with Crippen LogP contribution in [0.5, 0.6) is 0 Å².